The number of rotatable bonds is 10. The molecular weight excluding hydrogens is 396 g/mol. The molecule has 2 N–H and O–H groups in total. The quantitative estimate of drug-likeness (QED) is 0.378. The lowest BCUT2D eigenvalue weighted by molar-refractivity contribution is 0.219. The maximum absolute atomic E-state index is 5.96. The van der Waals surface area contributed by atoms with Crippen molar-refractivity contribution in [1.29, 1.82) is 0 Å². The molecular formula is C22H28N6O3. The van der Waals surface area contributed by atoms with Crippen molar-refractivity contribution in [2.45, 2.75) is 26.4 Å². The molecule has 1 aromatic carbocycles. The number of guanidine groups is 1. The summed E-state index contributed by atoms with van der Waals surface area (Å²) in [6.45, 7) is 5.83. The minimum Gasteiger partial charge on any atom is -0.493 e. The Labute approximate surface area is 181 Å². The number of hydrogen-bond donors (Lipinski definition) is 2. The predicted octanol–water partition coefficient (Wildman–Crippen LogP) is 2.71. The molecule has 0 saturated carbocycles. The number of methoxy groups -OCH3 is 1. The Morgan fingerprint density at radius 1 is 1.13 bits per heavy atom. The SMILES string of the molecule is CCNC(=NCC(C)Oc1ccccc1OC)NCCc1noc(-c2ccccn2)n1. The minimum atomic E-state index is -0.120. The van der Waals surface area contributed by atoms with Crippen LogP contribution < -0.4 is 20.1 Å². The first-order valence-corrected chi connectivity index (χ1v) is 10.3. The fraction of sp³-hybridized carbons (Fsp3) is 0.364. The van der Waals surface area contributed by atoms with Crippen molar-refractivity contribution in [2.24, 2.45) is 4.99 Å². The number of para-hydroxylation sites is 2. The molecule has 3 aromatic rings. The van der Waals surface area contributed by atoms with Gasteiger partial charge in [-0.2, -0.15) is 4.98 Å². The number of benzene rings is 1. The average molecular weight is 425 g/mol. The normalized spacial score (nSPS) is 12.3. The summed E-state index contributed by atoms with van der Waals surface area (Å²) in [5.74, 6) is 3.13. The lowest BCUT2D eigenvalue weighted by Crippen LogP contribution is -2.39. The summed E-state index contributed by atoms with van der Waals surface area (Å²) in [4.78, 5) is 13.2. The van der Waals surface area contributed by atoms with Crippen molar-refractivity contribution in [2.75, 3.05) is 26.7 Å². The minimum absolute atomic E-state index is 0.120. The Morgan fingerprint density at radius 3 is 2.68 bits per heavy atom. The molecule has 1 unspecified atom stereocenters. The van der Waals surface area contributed by atoms with Gasteiger partial charge in [0.1, 0.15) is 11.8 Å². The van der Waals surface area contributed by atoms with E-state index in [2.05, 4.69) is 30.8 Å². The van der Waals surface area contributed by atoms with Crippen molar-refractivity contribution in [3.05, 3.63) is 54.5 Å². The van der Waals surface area contributed by atoms with Crippen molar-refractivity contribution in [3.8, 4) is 23.1 Å². The number of aromatic nitrogens is 3. The summed E-state index contributed by atoms with van der Waals surface area (Å²) in [5, 5.41) is 10.5. The first-order chi connectivity index (χ1) is 15.2. The molecule has 2 aromatic heterocycles. The van der Waals surface area contributed by atoms with Gasteiger partial charge in [-0.15, -0.1) is 0 Å². The molecule has 3 rings (SSSR count). The van der Waals surface area contributed by atoms with E-state index in [1.807, 2.05) is 56.3 Å². The van der Waals surface area contributed by atoms with Gasteiger partial charge in [0.05, 0.1) is 13.7 Å². The van der Waals surface area contributed by atoms with Crippen LogP contribution in [-0.2, 0) is 6.42 Å². The van der Waals surface area contributed by atoms with Gasteiger partial charge in [0, 0.05) is 25.7 Å². The smallest absolute Gasteiger partial charge is 0.276 e. The Bertz CT molecular complexity index is 961. The van der Waals surface area contributed by atoms with E-state index in [4.69, 9.17) is 14.0 Å². The average Bonchev–Trinajstić information content (AvgIpc) is 3.27. The summed E-state index contributed by atoms with van der Waals surface area (Å²) >= 11 is 0. The van der Waals surface area contributed by atoms with E-state index in [0.717, 1.165) is 6.54 Å². The largest absolute Gasteiger partial charge is 0.493 e. The van der Waals surface area contributed by atoms with Crippen molar-refractivity contribution in [3.63, 3.8) is 0 Å². The number of pyridine rings is 1. The zero-order valence-electron chi connectivity index (χ0n) is 18.0. The van der Waals surface area contributed by atoms with Gasteiger partial charge in [-0.25, -0.2) is 4.99 Å². The van der Waals surface area contributed by atoms with Crippen LogP contribution in [0.4, 0.5) is 0 Å². The molecule has 9 nitrogen and oxygen atoms in total. The highest BCUT2D eigenvalue weighted by Crippen LogP contribution is 2.26. The summed E-state index contributed by atoms with van der Waals surface area (Å²) in [6.07, 6.45) is 2.16. The van der Waals surface area contributed by atoms with Crippen LogP contribution in [0.1, 0.15) is 19.7 Å². The van der Waals surface area contributed by atoms with Gasteiger partial charge in [0.2, 0.25) is 0 Å². The summed E-state index contributed by atoms with van der Waals surface area (Å²) in [5.41, 5.74) is 0.660. The number of nitrogens with one attached hydrogen (secondary N) is 2. The third-order valence-electron chi connectivity index (χ3n) is 4.24. The molecule has 31 heavy (non-hydrogen) atoms. The Balaban J connectivity index is 1.50. The van der Waals surface area contributed by atoms with E-state index in [1.165, 1.54) is 0 Å². The standard InChI is InChI=1S/C22H28N6O3/c1-4-23-22(26-15-16(2)30-19-11-6-5-10-18(19)29-3)25-14-12-20-27-21(31-28-20)17-9-7-8-13-24-17/h5-11,13,16H,4,12,14-15H2,1-3H3,(H2,23,25,26). The molecule has 0 aliphatic carbocycles. The topological polar surface area (TPSA) is 107 Å². The summed E-state index contributed by atoms with van der Waals surface area (Å²) in [6, 6.07) is 13.1. The lowest BCUT2D eigenvalue weighted by atomic mass is 10.3. The second kappa shape index (κ2) is 11.5. The fourth-order valence-electron chi connectivity index (χ4n) is 2.77. The number of hydrogen-bond acceptors (Lipinski definition) is 7. The van der Waals surface area contributed by atoms with Crippen LogP contribution in [0.15, 0.2) is 58.2 Å². The van der Waals surface area contributed by atoms with Gasteiger partial charge in [0.15, 0.2) is 23.3 Å². The number of nitrogens with zero attached hydrogens (tertiary/aromatic N) is 4. The molecule has 0 aliphatic rings. The van der Waals surface area contributed by atoms with Crippen LogP contribution in [0, 0.1) is 0 Å². The van der Waals surface area contributed by atoms with Crippen LogP contribution in [0.2, 0.25) is 0 Å². The van der Waals surface area contributed by atoms with Crippen LogP contribution in [-0.4, -0.2) is 53.9 Å². The van der Waals surface area contributed by atoms with E-state index >= 15 is 0 Å². The Kier molecular flexibility index (Phi) is 8.21. The Hall–Kier alpha value is -3.62. The molecule has 0 radical (unpaired) electrons. The fourth-order valence-corrected chi connectivity index (χ4v) is 2.77. The lowest BCUT2D eigenvalue weighted by Gasteiger charge is -2.16. The first kappa shape index (κ1) is 22.1. The van der Waals surface area contributed by atoms with Gasteiger partial charge < -0.3 is 24.6 Å². The molecule has 0 amide bonds. The van der Waals surface area contributed by atoms with Gasteiger partial charge in [-0.05, 0) is 38.1 Å². The second-order valence-electron chi connectivity index (χ2n) is 6.71. The van der Waals surface area contributed by atoms with E-state index < -0.39 is 0 Å². The second-order valence-corrected chi connectivity index (χ2v) is 6.71. The summed E-state index contributed by atoms with van der Waals surface area (Å²) in [7, 11) is 1.63. The summed E-state index contributed by atoms with van der Waals surface area (Å²) < 4.78 is 16.6. The van der Waals surface area contributed by atoms with Gasteiger partial charge in [-0.1, -0.05) is 23.4 Å². The van der Waals surface area contributed by atoms with Crippen LogP contribution in [0.5, 0.6) is 11.5 Å². The highest BCUT2D eigenvalue weighted by molar-refractivity contribution is 5.79. The molecule has 2 heterocycles. The molecule has 0 spiro atoms. The number of aliphatic imine (C=N–C) groups is 1. The molecule has 164 valence electrons. The molecule has 0 fully saturated rings. The van der Waals surface area contributed by atoms with E-state index in [1.54, 1.807) is 13.3 Å². The third-order valence-corrected chi connectivity index (χ3v) is 4.24. The first-order valence-electron chi connectivity index (χ1n) is 10.3. The number of ether oxygens (including phenoxy) is 2. The molecule has 1 atom stereocenters. The van der Waals surface area contributed by atoms with E-state index in [-0.39, 0.29) is 6.10 Å². The van der Waals surface area contributed by atoms with Crippen LogP contribution in [0.3, 0.4) is 0 Å². The van der Waals surface area contributed by atoms with Gasteiger partial charge in [-0.3, -0.25) is 4.98 Å². The van der Waals surface area contributed by atoms with Crippen LogP contribution >= 0.6 is 0 Å². The molecule has 0 saturated heterocycles. The van der Waals surface area contributed by atoms with Crippen molar-refractivity contribution < 1.29 is 14.0 Å². The maximum atomic E-state index is 5.96. The zero-order valence-corrected chi connectivity index (χ0v) is 18.0. The van der Waals surface area contributed by atoms with Gasteiger partial charge in [0.25, 0.3) is 5.89 Å². The van der Waals surface area contributed by atoms with Crippen molar-refractivity contribution in [1.82, 2.24) is 25.8 Å². The van der Waals surface area contributed by atoms with Crippen molar-refractivity contribution >= 4 is 5.96 Å². The van der Waals surface area contributed by atoms with E-state index in [9.17, 15) is 0 Å². The Morgan fingerprint density at radius 2 is 1.94 bits per heavy atom. The zero-order chi connectivity index (χ0) is 21.9. The molecule has 0 aliphatic heterocycles. The van der Waals surface area contributed by atoms with E-state index in [0.29, 0.717) is 54.4 Å². The monoisotopic (exact) mass is 424 g/mol. The van der Waals surface area contributed by atoms with Gasteiger partial charge >= 0.3 is 0 Å². The van der Waals surface area contributed by atoms with Crippen LogP contribution in [0.25, 0.3) is 11.6 Å². The maximum Gasteiger partial charge on any atom is 0.276 e. The highest BCUT2D eigenvalue weighted by atomic mass is 16.5. The molecule has 0 bridgehead atoms. The predicted molar refractivity (Wildman–Crippen MR) is 118 cm³/mol. The third kappa shape index (κ3) is 6.70. The highest BCUT2D eigenvalue weighted by Gasteiger charge is 2.11. The molecule has 9 heteroatoms.